The summed E-state index contributed by atoms with van der Waals surface area (Å²) in [5.41, 5.74) is 4.79. The standard InChI is InChI=1S/C19H21N3O2/c23-18-11-13(12-19(24)20-18)10-16-15-8-4-5-9-17(15)22(21-16)14-6-2-1-3-7-14/h1-3,6-7,13H,4-5,8-12H2,(H,20,23,24). The largest absolute Gasteiger partial charge is 0.296 e. The number of fused-ring (bicyclic) bond motifs is 1. The van der Waals surface area contributed by atoms with Crippen molar-refractivity contribution in [3.63, 3.8) is 0 Å². The van der Waals surface area contributed by atoms with E-state index in [2.05, 4.69) is 22.1 Å². The lowest BCUT2D eigenvalue weighted by Gasteiger charge is -2.20. The van der Waals surface area contributed by atoms with Crippen LogP contribution in [0.2, 0.25) is 0 Å². The Morgan fingerprint density at radius 3 is 2.50 bits per heavy atom. The predicted molar refractivity (Wildman–Crippen MR) is 89.8 cm³/mol. The quantitative estimate of drug-likeness (QED) is 0.882. The molecule has 1 aliphatic carbocycles. The van der Waals surface area contributed by atoms with E-state index in [4.69, 9.17) is 5.10 Å². The minimum absolute atomic E-state index is 0.0661. The molecule has 1 aromatic heterocycles. The van der Waals surface area contributed by atoms with Crippen LogP contribution in [0, 0.1) is 5.92 Å². The van der Waals surface area contributed by atoms with Crippen molar-refractivity contribution in [2.75, 3.05) is 0 Å². The maximum Gasteiger partial charge on any atom is 0.226 e. The Labute approximate surface area is 141 Å². The minimum Gasteiger partial charge on any atom is -0.296 e. The van der Waals surface area contributed by atoms with Gasteiger partial charge in [0.15, 0.2) is 0 Å². The molecule has 5 heteroatoms. The van der Waals surface area contributed by atoms with Gasteiger partial charge in [0.2, 0.25) is 11.8 Å². The van der Waals surface area contributed by atoms with Crippen molar-refractivity contribution in [1.29, 1.82) is 0 Å². The molecule has 24 heavy (non-hydrogen) atoms. The van der Waals surface area contributed by atoms with Crippen LogP contribution >= 0.6 is 0 Å². The van der Waals surface area contributed by atoms with E-state index in [-0.39, 0.29) is 17.7 Å². The number of aromatic nitrogens is 2. The molecule has 2 heterocycles. The van der Waals surface area contributed by atoms with Crippen LogP contribution < -0.4 is 5.32 Å². The molecular formula is C19H21N3O2. The fourth-order valence-corrected chi connectivity index (χ4v) is 3.89. The molecule has 2 amide bonds. The number of imide groups is 1. The minimum atomic E-state index is -0.160. The number of carbonyl (C=O) groups is 2. The van der Waals surface area contributed by atoms with E-state index in [0.717, 1.165) is 24.2 Å². The van der Waals surface area contributed by atoms with Crippen LogP contribution in [0.3, 0.4) is 0 Å². The van der Waals surface area contributed by atoms with Gasteiger partial charge in [-0.25, -0.2) is 4.68 Å². The number of hydrogen-bond donors (Lipinski definition) is 1. The van der Waals surface area contributed by atoms with Gasteiger partial charge >= 0.3 is 0 Å². The zero-order chi connectivity index (χ0) is 16.5. The molecule has 0 bridgehead atoms. The van der Waals surface area contributed by atoms with E-state index in [1.165, 1.54) is 24.1 Å². The van der Waals surface area contributed by atoms with Gasteiger partial charge in [0.25, 0.3) is 0 Å². The number of carbonyl (C=O) groups excluding carboxylic acids is 2. The normalized spacial score (nSPS) is 18.3. The van der Waals surface area contributed by atoms with Gasteiger partial charge in [-0.05, 0) is 55.7 Å². The van der Waals surface area contributed by atoms with Crippen LogP contribution in [0.5, 0.6) is 0 Å². The number of piperidine rings is 1. The third kappa shape index (κ3) is 2.86. The Morgan fingerprint density at radius 2 is 1.75 bits per heavy atom. The fraction of sp³-hybridized carbons (Fsp3) is 0.421. The van der Waals surface area contributed by atoms with Crippen LogP contribution in [0.25, 0.3) is 5.69 Å². The van der Waals surface area contributed by atoms with Crippen molar-refractivity contribution in [3.8, 4) is 5.69 Å². The van der Waals surface area contributed by atoms with Crippen molar-refractivity contribution in [1.82, 2.24) is 15.1 Å². The topological polar surface area (TPSA) is 64.0 Å². The maximum absolute atomic E-state index is 11.6. The average molecular weight is 323 g/mol. The summed E-state index contributed by atoms with van der Waals surface area (Å²) in [7, 11) is 0. The van der Waals surface area contributed by atoms with Crippen LogP contribution in [0.4, 0.5) is 0 Å². The number of amides is 2. The van der Waals surface area contributed by atoms with Gasteiger partial charge in [0.1, 0.15) is 0 Å². The summed E-state index contributed by atoms with van der Waals surface area (Å²) < 4.78 is 2.06. The molecule has 1 N–H and O–H groups in total. The van der Waals surface area contributed by atoms with Crippen LogP contribution in [0.1, 0.15) is 42.6 Å². The lowest BCUT2D eigenvalue weighted by Crippen LogP contribution is -2.39. The van der Waals surface area contributed by atoms with Gasteiger partial charge < -0.3 is 0 Å². The number of nitrogens with one attached hydrogen (secondary N) is 1. The molecule has 5 nitrogen and oxygen atoms in total. The second-order valence-corrected chi connectivity index (χ2v) is 6.78. The molecule has 0 radical (unpaired) electrons. The predicted octanol–water partition coefficient (Wildman–Crippen LogP) is 2.35. The lowest BCUT2D eigenvalue weighted by molar-refractivity contribution is -0.134. The van der Waals surface area contributed by atoms with Gasteiger partial charge in [-0.3, -0.25) is 14.9 Å². The monoisotopic (exact) mass is 323 g/mol. The van der Waals surface area contributed by atoms with E-state index in [1.807, 2.05) is 18.2 Å². The molecule has 124 valence electrons. The average Bonchev–Trinajstić information content (AvgIpc) is 2.94. The van der Waals surface area contributed by atoms with Gasteiger partial charge in [0.05, 0.1) is 11.4 Å². The summed E-state index contributed by atoms with van der Waals surface area (Å²) >= 11 is 0. The fourth-order valence-electron chi connectivity index (χ4n) is 3.89. The highest BCUT2D eigenvalue weighted by atomic mass is 16.2. The van der Waals surface area contributed by atoms with Gasteiger partial charge in [-0.15, -0.1) is 0 Å². The highest BCUT2D eigenvalue weighted by Crippen LogP contribution is 2.30. The molecule has 0 atom stereocenters. The summed E-state index contributed by atoms with van der Waals surface area (Å²) in [5.74, 6) is -0.253. The van der Waals surface area contributed by atoms with Crippen molar-refractivity contribution in [2.24, 2.45) is 5.92 Å². The summed E-state index contributed by atoms with van der Waals surface area (Å²) in [5, 5.41) is 7.26. The lowest BCUT2D eigenvalue weighted by atomic mass is 9.88. The SMILES string of the molecule is O=C1CC(Cc2nn(-c3ccccc3)c3c2CCCC3)CC(=O)N1. The number of nitrogens with zero attached hydrogens (tertiary/aromatic N) is 2. The summed E-state index contributed by atoms with van der Waals surface area (Å²) in [4.78, 5) is 23.3. The Kier molecular flexibility index (Phi) is 3.92. The van der Waals surface area contributed by atoms with Crippen LogP contribution in [-0.4, -0.2) is 21.6 Å². The van der Waals surface area contributed by atoms with Gasteiger partial charge in [-0.1, -0.05) is 18.2 Å². The first-order chi connectivity index (χ1) is 11.7. The van der Waals surface area contributed by atoms with Crippen molar-refractivity contribution < 1.29 is 9.59 Å². The highest BCUT2D eigenvalue weighted by molar-refractivity contribution is 5.97. The van der Waals surface area contributed by atoms with E-state index in [0.29, 0.717) is 19.3 Å². The first-order valence-corrected chi connectivity index (χ1v) is 8.68. The second kappa shape index (κ2) is 6.23. The second-order valence-electron chi connectivity index (χ2n) is 6.78. The molecule has 1 saturated heterocycles. The van der Waals surface area contributed by atoms with E-state index in [1.54, 1.807) is 0 Å². The smallest absolute Gasteiger partial charge is 0.226 e. The molecule has 2 aliphatic rings. The van der Waals surface area contributed by atoms with Gasteiger partial charge in [0, 0.05) is 18.5 Å². The van der Waals surface area contributed by atoms with E-state index >= 15 is 0 Å². The van der Waals surface area contributed by atoms with Crippen molar-refractivity contribution in [2.45, 2.75) is 44.9 Å². The molecule has 1 fully saturated rings. The number of rotatable bonds is 3. The summed E-state index contributed by atoms with van der Waals surface area (Å²) in [6.07, 6.45) is 6.00. The summed E-state index contributed by atoms with van der Waals surface area (Å²) in [6.45, 7) is 0. The molecule has 2 aromatic rings. The molecule has 1 aromatic carbocycles. The van der Waals surface area contributed by atoms with Crippen molar-refractivity contribution in [3.05, 3.63) is 47.3 Å². The summed E-state index contributed by atoms with van der Waals surface area (Å²) in [6, 6.07) is 10.2. The Balaban J connectivity index is 1.67. The molecule has 1 aliphatic heterocycles. The number of hydrogen-bond acceptors (Lipinski definition) is 3. The highest BCUT2D eigenvalue weighted by Gasteiger charge is 2.28. The van der Waals surface area contributed by atoms with Crippen LogP contribution in [-0.2, 0) is 28.9 Å². The first-order valence-electron chi connectivity index (χ1n) is 8.68. The third-order valence-electron chi connectivity index (χ3n) is 4.97. The van der Waals surface area contributed by atoms with E-state index in [9.17, 15) is 9.59 Å². The molecule has 0 unspecified atom stereocenters. The molecule has 4 rings (SSSR count). The number of benzene rings is 1. The number of para-hydroxylation sites is 1. The molecular weight excluding hydrogens is 302 g/mol. The first kappa shape index (κ1) is 15.1. The zero-order valence-electron chi connectivity index (χ0n) is 13.6. The Morgan fingerprint density at radius 1 is 1.04 bits per heavy atom. The molecule has 0 spiro atoms. The van der Waals surface area contributed by atoms with Crippen molar-refractivity contribution >= 4 is 11.8 Å². The Bertz CT molecular complexity index is 763. The van der Waals surface area contributed by atoms with Crippen LogP contribution in [0.15, 0.2) is 30.3 Å². The van der Waals surface area contributed by atoms with Gasteiger partial charge in [-0.2, -0.15) is 5.10 Å². The molecule has 0 saturated carbocycles. The zero-order valence-corrected chi connectivity index (χ0v) is 13.6. The maximum atomic E-state index is 11.6. The Hall–Kier alpha value is -2.43. The van der Waals surface area contributed by atoms with E-state index < -0.39 is 0 Å². The third-order valence-corrected chi connectivity index (χ3v) is 4.97.